The van der Waals surface area contributed by atoms with Gasteiger partial charge in [-0.05, 0) is 50.5 Å². The summed E-state index contributed by atoms with van der Waals surface area (Å²) < 4.78 is 45.9. The lowest BCUT2D eigenvalue weighted by Gasteiger charge is -2.48. The van der Waals surface area contributed by atoms with E-state index < -0.39 is 23.9 Å². The third kappa shape index (κ3) is 3.82. The number of fused-ring (bicyclic) bond motifs is 3. The molecule has 0 aromatic carbocycles. The van der Waals surface area contributed by atoms with Crippen molar-refractivity contribution in [2.45, 2.75) is 44.4 Å². The van der Waals surface area contributed by atoms with Crippen molar-refractivity contribution in [3.8, 4) is 0 Å². The van der Waals surface area contributed by atoms with Gasteiger partial charge in [0, 0.05) is 19.7 Å². The minimum absolute atomic E-state index is 0.125. The fraction of sp³-hybridized carbons (Fsp3) is 0.938. The predicted molar refractivity (Wildman–Crippen MR) is 78.7 cm³/mol. The first-order valence-electron chi connectivity index (χ1n) is 8.63. The van der Waals surface area contributed by atoms with Crippen molar-refractivity contribution in [2.24, 2.45) is 23.7 Å². The lowest BCUT2D eigenvalue weighted by molar-refractivity contribution is -0.229. The molecule has 1 saturated heterocycles. The normalized spacial score (nSPS) is 38.1. The summed E-state index contributed by atoms with van der Waals surface area (Å²) >= 11 is 0. The Morgan fingerprint density at radius 2 is 1.87 bits per heavy atom. The van der Waals surface area contributed by atoms with Crippen LogP contribution in [0.25, 0.3) is 0 Å². The second-order valence-electron chi connectivity index (χ2n) is 7.06. The minimum Gasteiger partial charge on any atom is -0.375 e. The van der Waals surface area contributed by atoms with Crippen LogP contribution in [0.3, 0.4) is 0 Å². The lowest BCUT2D eigenvalue weighted by Crippen LogP contribution is -2.54. The summed E-state index contributed by atoms with van der Waals surface area (Å²) in [6.45, 7) is 2.39. The summed E-state index contributed by atoms with van der Waals surface area (Å²) in [7, 11) is 0. The van der Waals surface area contributed by atoms with E-state index in [0.29, 0.717) is 26.0 Å². The molecular formula is C16H25F3N2O2. The van der Waals surface area contributed by atoms with E-state index in [1.807, 2.05) is 0 Å². The SMILES string of the molecule is O=C(NCC1CNCCCO1)[C@H]1C2CCC(CC2)[C@@H]1C(F)(F)F. The zero-order valence-electron chi connectivity index (χ0n) is 13.2. The van der Waals surface area contributed by atoms with Crippen molar-refractivity contribution >= 4 is 5.91 Å². The van der Waals surface area contributed by atoms with E-state index >= 15 is 0 Å². The van der Waals surface area contributed by atoms with Gasteiger partial charge in [0.25, 0.3) is 0 Å². The lowest BCUT2D eigenvalue weighted by atomic mass is 9.58. The number of carbonyl (C=O) groups excluding carboxylic acids is 1. The molecule has 4 fully saturated rings. The summed E-state index contributed by atoms with van der Waals surface area (Å²) in [4.78, 5) is 12.5. The number of carbonyl (C=O) groups is 1. The molecule has 1 unspecified atom stereocenters. The molecule has 4 nitrogen and oxygen atoms in total. The molecular weight excluding hydrogens is 309 g/mol. The van der Waals surface area contributed by atoms with Crippen molar-refractivity contribution in [1.29, 1.82) is 0 Å². The zero-order chi connectivity index (χ0) is 16.4. The van der Waals surface area contributed by atoms with Gasteiger partial charge in [-0.1, -0.05) is 0 Å². The van der Waals surface area contributed by atoms with Crippen LogP contribution in [0.1, 0.15) is 32.1 Å². The van der Waals surface area contributed by atoms with Gasteiger partial charge in [-0.3, -0.25) is 4.79 Å². The van der Waals surface area contributed by atoms with E-state index in [9.17, 15) is 18.0 Å². The van der Waals surface area contributed by atoms with Gasteiger partial charge in [-0.2, -0.15) is 13.2 Å². The van der Waals surface area contributed by atoms with Crippen LogP contribution in [0.2, 0.25) is 0 Å². The highest BCUT2D eigenvalue weighted by molar-refractivity contribution is 5.79. The molecule has 2 N–H and O–H groups in total. The van der Waals surface area contributed by atoms with Crippen molar-refractivity contribution in [3.05, 3.63) is 0 Å². The van der Waals surface area contributed by atoms with Gasteiger partial charge < -0.3 is 15.4 Å². The Morgan fingerprint density at radius 3 is 2.57 bits per heavy atom. The Kier molecular flexibility index (Phi) is 5.16. The molecule has 4 rings (SSSR count). The second kappa shape index (κ2) is 6.97. The number of hydrogen-bond donors (Lipinski definition) is 2. The van der Waals surface area contributed by atoms with Gasteiger partial charge in [0.05, 0.1) is 17.9 Å². The maximum absolute atomic E-state index is 13.4. The second-order valence-corrected chi connectivity index (χ2v) is 7.06. The molecule has 3 aliphatic carbocycles. The summed E-state index contributed by atoms with van der Waals surface area (Å²) in [5, 5.41) is 5.94. The Hall–Kier alpha value is -0.820. The number of ether oxygens (including phenoxy) is 1. The fourth-order valence-electron chi connectivity index (χ4n) is 4.53. The van der Waals surface area contributed by atoms with Gasteiger partial charge in [0.2, 0.25) is 5.91 Å². The Bertz CT molecular complexity index is 414. The van der Waals surface area contributed by atoms with Crippen molar-refractivity contribution in [1.82, 2.24) is 10.6 Å². The van der Waals surface area contributed by atoms with Crippen molar-refractivity contribution in [2.75, 3.05) is 26.2 Å². The van der Waals surface area contributed by atoms with Crippen LogP contribution in [-0.4, -0.2) is 44.4 Å². The molecule has 1 heterocycles. The largest absolute Gasteiger partial charge is 0.392 e. The van der Waals surface area contributed by atoms with Crippen molar-refractivity contribution in [3.63, 3.8) is 0 Å². The van der Waals surface area contributed by atoms with Crippen LogP contribution in [0.4, 0.5) is 13.2 Å². The predicted octanol–water partition coefficient (Wildman–Crippen LogP) is 2.10. The van der Waals surface area contributed by atoms with E-state index in [-0.39, 0.29) is 24.5 Å². The maximum atomic E-state index is 13.4. The average Bonchev–Trinajstić information content (AvgIpc) is 2.80. The monoisotopic (exact) mass is 334 g/mol. The quantitative estimate of drug-likeness (QED) is 0.831. The fourth-order valence-corrected chi connectivity index (χ4v) is 4.53. The molecule has 0 aromatic heterocycles. The number of halogens is 3. The summed E-state index contributed by atoms with van der Waals surface area (Å²) in [6, 6.07) is 0. The van der Waals surface area contributed by atoms with Gasteiger partial charge in [-0.15, -0.1) is 0 Å². The Balaban J connectivity index is 1.62. The number of nitrogens with one attached hydrogen (secondary N) is 2. The van der Waals surface area contributed by atoms with Gasteiger partial charge in [0.15, 0.2) is 0 Å². The first-order valence-corrected chi connectivity index (χ1v) is 8.63. The number of rotatable bonds is 3. The summed E-state index contributed by atoms with van der Waals surface area (Å²) in [5.41, 5.74) is 0. The highest BCUT2D eigenvalue weighted by Crippen LogP contribution is 2.54. The Labute approximate surface area is 134 Å². The molecule has 0 aromatic rings. The smallest absolute Gasteiger partial charge is 0.375 e. The molecule has 132 valence electrons. The molecule has 3 saturated carbocycles. The summed E-state index contributed by atoms with van der Waals surface area (Å²) in [5.74, 6) is -3.33. The number of alkyl halides is 3. The molecule has 23 heavy (non-hydrogen) atoms. The van der Waals surface area contributed by atoms with E-state index in [0.717, 1.165) is 25.8 Å². The average molecular weight is 334 g/mol. The molecule has 3 atom stereocenters. The van der Waals surface area contributed by atoms with Gasteiger partial charge in [-0.25, -0.2) is 0 Å². The number of hydrogen-bond acceptors (Lipinski definition) is 3. The maximum Gasteiger partial charge on any atom is 0.392 e. The third-order valence-electron chi connectivity index (χ3n) is 5.63. The van der Waals surface area contributed by atoms with Crippen molar-refractivity contribution < 1.29 is 22.7 Å². The standard InChI is InChI=1S/C16H25F3N2O2/c17-16(18,19)14-11-4-2-10(3-5-11)13(14)15(22)21-9-12-8-20-6-1-7-23-12/h10-14,20H,1-9H2,(H,21,22)/t10?,11?,12?,13-,14-/m0/s1. The van der Waals surface area contributed by atoms with Crippen LogP contribution in [-0.2, 0) is 9.53 Å². The van der Waals surface area contributed by atoms with Crippen LogP contribution < -0.4 is 10.6 Å². The summed E-state index contributed by atoms with van der Waals surface area (Å²) in [6.07, 6.45) is -0.832. The van der Waals surface area contributed by atoms with Crippen LogP contribution in [0.15, 0.2) is 0 Å². The zero-order valence-corrected chi connectivity index (χ0v) is 13.2. The highest BCUT2D eigenvalue weighted by atomic mass is 19.4. The van der Waals surface area contributed by atoms with Crippen LogP contribution >= 0.6 is 0 Å². The topological polar surface area (TPSA) is 50.4 Å². The number of amides is 1. The van der Waals surface area contributed by atoms with E-state index in [4.69, 9.17) is 4.74 Å². The molecule has 2 bridgehead atoms. The van der Waals surface area contributed by atoms with E-state index in [2.05, 4.69) is 10.6 Å². The third-order valence-corrected chi connectivity index (χ3v) is 5.63. The molecule has 7 heteroatoms. The molecule has 4 aliphatic rings. The van der Waals surface area contributed by atoms with Gasteiger partial charge >= 0.3 is 6.18 Å². The first kappa shape index (κ1) is 17.0. The van der Waals surface area contributed by atoms with Crippen LogP contribution in [0, 0.1) is 23.7 Å². The molecule has 1 aliphatic heterocycles. The highest BCUT2D eigenvalue weighted by Gasteiger charge is 2.57. The van der Waals surface area contributed by atoms with E-state index in [1.165, 1.54) is 0 Å². The first-order chi connectivity index (χ1) is 11.0. The molecule has 0 radical (unpaired) electrons. The molecule has 1 amide bonds. The minimum atomic E-state index is -4.29. The molecule has 0 spiro atoms. The van der Waals surface area contributed by atoms with Gasteiger partial charge in [0.1, 0.15) is 0 Å². The van der Waals surface area contributed by atoms with Crippen LogP contribution in [0.5, 0.6) is 0 Å². The van der Waals surface area contributed by atoms with E-state index in [1.54, 1.807) is 0 Å². The Morgan fingerprint density at radius 1 is 1.17 bits per heavy atom.